The molecule has 1 N–H and O–H groups in total. The van der Waals surface area contributed by atoms with E-state index < -0.39 is 12.1 Å². The molecule has 5 heteroatoms. The molecule has 17 heavy (non-hydrogen) atoms. The first-order chi connectivity index (χ1) is 8.02. The minimum atomic E-state index is -0.624. The third-order valence-corrected chi connectivity index (χ3v) is 2.24. The van der Waals surface area contributed by atoms with E-state index in [1.165, 1.54) is 38.3 Å². The van der Waals surface area contributed by atoms with E-state index in [4.69, 9.17) is 0 Å². The van der Waals surface area contributed by atoms with E-state index in [9.17, 15) is 14.0 Å². The number of hydrogen-bond acceptors (Lipinski definition) is 3. The number of rotatable bonds is 4. The Labute approximate surface area is 98.8 Å². The zero-order valence-corrected chi connectivity index (χ0v) is 9.70. The van der Waals surface area contributed by atoms with Crippen LogP contribution < -0.4 is 5.32 Å². The molecule has 0 spiro atoms. The lowest BCUT2D eigenvalue weighted by atomic mass is 10.0. The van der Waals surface area contributed by atoms with Gasteiger partial charge in [-0.2, -0.15) is 0 Å². The Morgan fingerprint density at radius 1 is 1.35 bits per heavy atom. The fourth-order valence-electron chi connectivity index (χ4n) is 1.44. The molecule has 1 aromatic carbocycles. The maximum atomic E-state index is 12.8. The summed E-state index contributed by atoms with van der Waals surface area (Å²) in [6.45, 7) is 1.43. The summed E-state index contributed by atoms with van der Waals surface area (Å²) in [5, 5.41) is 2.53. The van der Waals surface area contributed by atoms with Crippen molar-refractivity contribution in [2.45, 2.75) is 19.4 Å². The molecule has 0 aliphatic heterocycles. The largest absolute Gasteiger partial charge is 0.453 e. The molecule has 1 atom stereocenters. The third-order valence-electron chi connectivity index (χ3n) is 2.24. The van der Waals surface area contributed by atoms with Crippen LogP contribution in [0.15, 0.2) is 24.3 Å². The zero-order chi connectivity index (χ0) is 12.8. The molecule has 1 aromatic rings. The summed E-state index contributed by atoms with van der Waals surface area (Å²) in [5.41, 5.74) is 0.659. The second-order valence-corrected chi connectivity index (χ2v) is 3.65. The normalized spacial score (nSPS) is 11.7. The molecular formula is C12H14FNO3. The van der Waals surface area contributed by atoms with Crippen molar-refractivity contribution in [1.82, 2.24) is 5.32 Å². The minimum absolute atomic E-state index is 0.0734. The summed E-state index contributed by atoms with van der Waals surface area (Å²) >= 11 is 0. The molecular weight excluding hydrogens is 225 g/mol. The Bertz CT molecular complexity index is 403. The van der Waals surface area contributed by atoms with Crippen molar-refractivity contribution in [2.24, 2.45) is 0 Å². The highest BCUT2D eigenvalue weighted by Gasteiger charge is 2.16. The summed E-state index contributed by atoms with van der Waals surface area (Å²) in [5.74, 6) is -0.441. The maximum absolute atomic E-state index is 12.8. The summed E-state index contributed by atoms with van der Waals surface area (Å²) in [7, 11) is 1.24. The van der Waals surface area contributed by atoms with Gasteiger partial charge in [0.1, 0.15) is 11.6 Å². The molecule has 0 bridgehead atoms. The second kappa shape index (κ2) is 5.98. The van der Waals surface area contributed by atoms with Crippen molar-refractivity contribution in [3.05, 3.63) is 35.6 Å². The Hall–Kier alpha value is -1.91. The van der Waals surface area contributed by atoms with Crippen LogP contribution in [0.1, 0.15) is 24.9 Å². The van der Waals surface area contributed by atoms with Crippen LogP contribution in [0.2, 0.25) is 0 Å². The number of benzene rings is 1. The molecule has 1 amide bonds. The molecule has 0 aromatic heterocycles. The maximum Gasteiger partial charge on any atom is 0.407 e. The fraction of sp³-hybridized carbons (Fsp3) is 0.333. The predicted octanol–water partition coefficient (Wildman–Crippen LogP) is 2.20. The minimum Gasteiger partial charge on any atom is -0.453 e. The van der Waals surface area contributed by atoms with Crippen molar-refractivity contribution >= 4 is 11.9 Å². The number of carbonyl (C=O) groups is 2. The number of amides is 1. The molecule has 0 heterocycles. The topological polar surface area (TPSA) is 55.4 Å². The Balaban J connectivity index is 2.85. The van der Waals surface area contributed by atoms with Crippen molar-refractivity contribution in [3.63, 3.8) is 0 Å². The van der Waals surface area contributed by atoms with Crippen LogP contribution >= 0.6 is 0 Å². The molecule has 0 aliphatic rings. The van der Waals surface area contributed by atoms with Gasteiger partial charge in [-0.15, -0.1) is 0 Å². The van der Waals surface area contributed by atoms with Gasteiger partial charge in [0, 0.05) is 6.42 Å². The lowest BCUT2D eigenvalue weighted by molar-refractivity contribution is -0.117. The standard InChI is InChI=1S/C12H14FNO3/c1-8(15)7-11(14-12(16)17-2)9-3-5-10(13)6-4-9/h3-6,11H,7H2,1-2H3,(H,14,16)/t11-/m1/s1. The van der Waals surface area contributed by atoms with E-state index in [1.54, 1.807) is 0 Å². The third kappa shape index (κ3) is 4.22. The number of ketones is 1. The van der Waals surface area contributed by atoms with Gasteiger partial charge in [0.05, 0.1) is 13.2 Å². The SMILES string of the molecule is COC(=O)N[C@H](CC(C)=O)c1ccc(F)cc1. The second-order valence-electron chi connectivity index (χ2n) is 3.65. The molecule has 1 rings (SSSR count). The van der Waals surface area contributed by atoms with Gasteiger partial charge in [0.15, 0.2) is 0 Å². The average Bonchev–Trinajstić information content (AvgIpc) is 2.28. The zero-order valence-electron chi connectivity index (χ0n) is 9.70. The highest BCUT2D eigenvalue weighted by atomic mass is 19.1. The molecule has 4 nitrogen and oxygen atoms in total. The van der Waals surface area contributed by atoms with E-state index >= 15 is 0 Å². The van der Waals surface area contributed by atoms with E-state index in [0.29, 0.717) is 5.56 Å². The van der Waals surface area contributed by atoms with E-state index in [2.05, 4.69) is 10.1 Å². The monoisotopic (exact) mass is 239 g/mol. The number of halogens is 1. The van der Waals surface area contributed by atoms with Gasteiger partial charge in [-0.05, 0) is 24.6 Å². The van der Waals surface area contributed by atoms with Crippen LogP contribution in [-0.4, -0.2) is 19.0 Å². The summed E-state index contributed by atoms with van der Waals surface area (Å²) in [6.07, 6.45) is -0.485. The van der Waals surface area contributed by atoms with Crippen LogP contribution in [0.3, 0.4) is 0 Å². The number of Topliss-reactive ketones (excluding diaryl/α,β-unsaturated/α-hetero) is 1. The van der Waals surface area contributed by atoms with Gasteiger partial charge in [-0.3, -0.25) is 4.79 Å². The predicted molar refractivity (Wildman–Crippen MR) is 60.0 cm³/mol. The Morgan fingerprint density at radius 3 is 2.41 bits per heavy atom. The van der Waals surface area contributed by atoms with Crippen LogP contribution in [0.4, 0.5) is 9.18 Å². The number of alkyl carbamates (subject to hydrolysis) is 1. The van der Waals surface area contributed by atoms with Gasteiger partial charge >= 0.3 is 6.09 Å². The van der Waals surface area contributed by atoms with Gasteiger partial charge < -0.3 is 10.1 Å². The highest BCUT2D eigenvalue weighted by Crippen LogP contribution is 2.17. The fourth-order valence-corrected chi connectivity index (χ4v) is 1.44. The van der Waals surface area contributed by atoms with Gasteiger partial charge in [0.2, 0.25) is 0 Å². The van der Waals surface area contributed by atoms with Crippen molar-refractivity contribution < 1.29 is 18.7 Å². The number of carbonyl (C=O) groups excluding carboxylic acids is 2. The molecule has 0 radical (unpaired) electrons. The van der Waals surface area contributed by atoms with E-state index in [-0.39, 0.29) is 18.0 Å². The van der Waals surface area contributed by atoms with Crippen LogP contribution in [-0.2, 0) is 9.53 Å². The molecule has 0 saturated carbocycles. The van der Waals surface area contributed by atoms with Crippen molar-refractivity contribution in [2.75, 3.05) is 7.11 Å². The van der Waals surface area contributed by atoms with Gasteiger partial charge in [0.25, 0.3) is 0 Å². The Morgan fingerprint density at radius 2 is 1.94 bits per heavy atom. The van der Waals surface area contributed by atoms with Crippen LogP contribution in [0.25, 0.3) is 0 Å². The van der Waals surface area contributed by atoms with Crippen LogP contribution in [0.5, 0.6) is 0 Å². The van der Waals surface area contributed by atoms with Gasteiger partial charge in [-0.1, -0.05) is 12.1 Å². The molecule has 0 saturated heterocycles. The molecule has 0 fully saturated rings. The molecule has 0 aliphatic carbocycles. The van der Waals surface area contributed by atoms with Crippen molar-refractivity contribution in [3.8, 4) is 0 Å². The van der Waals surface area contributed by atoms with E-state index in [0.717, 1.165) is 0 Å². The smallest absolute Gasteiger partial charge is 0.407 e. The summed E-state index contributed by atoms with van der Waals surface area (Å²) < 4.78 is 17.2. The number of nitrogens with one attached hydrogen (secondary N) is 1. The van der Waals surface area contributed by atoms with Gasteiger partial charge in [-0.25, -0.2) is 9.18 Å². The first-order valence-electron chi connectivity index (χ1n) is 5.12. The summed E-state index contributed by atoms with van der Waals surface area (Å²) in [6, 6.07) is 5.11. The lowest BCUT2D eigenvalue weighted by Crippen LogP contribution is -2.29. The average molecular weight is 239 g/mol. The first kappa shape index (κ1) is 13.2. The first-order valence-corrected chi connectivity index (χ1v) is 5.12. The summed E-state index contributed by atoms with van der Waals surface area (Å²) in [4.78, 5) is 22.2. The number of ether oxygens (including phenoxy) is 1. The Kier molecular flexibility index (Phi) is 4.63. The number of hydrogen-bond donors (Lipinski definition) is 1. The van der Waals surface area contributed by atoms with E-state index in [1.807, 2.05) is 0 Å². The van der Waals surface area contributed by atoms with Crippen molar-refractivity contribution in [1.29, 1.82) is 0 Å². The highest BCUT2D eigenvalue weighted by molar-refractivity contribution is 5.77. The quantitative estimate of drug-likeness (QED) is 0.876. The number of methoxy groups -OCH3 is 1. The lowest BCUT2D eigenvalue weighted by Gasteiger charge is -2.17. The van der Waals surface area contributed by atoms with Crippen LogP contribution in [0, 0.1) is 5.82 Å². The molecule has 0 unspecified atom stereocenters. The molecule has 92 valence electrons.